The van der Waals surface area contributed by atoms with E-state index in [9.17, 15) is 18.8 Å². The quantitative estimate of drug-likeness (QED) is 0.310. The number of rotatable bonds is 5. The maximum Gasteiger partial charge on any atom is 0.329 e. The summed E-state index contributed by atoms with van der Waals surface area (Å²) in [5, 5.41) is 6.90. The summed E-state index contributed by atoms with van der Waals surface area (Å²) in [6.45, 7) is 1.24. The average molecular weight is 564 g/mol. The number of para-hydroxylation sites is 1. The fourth-order valence-electron chi connectivity index (χ4n) is 4.12. The van der Waals surface area contributed by atoms with Gasteiger partial charge in [0.25, 0.3) is 5.91 Å². The van der Waals surface area contributed by atoms with E-state index in [1.54, 1.807) is 36.4 Å². The number of thiophene rings is 1. The van der Waals surface area contributed by atoms with E-state index in [0.717, 1.165) is 35.7 Å². The van der Waals surface area contributed by atoms with Crippen molar-refractivity contribution in [2.75, 3.05) is 10.6 Å². The maximum atomic E-state index is 13.7. The fourth-order valence-corrected chi connectivity index (χ4v) is 5.66. The second-order valence-electron chi connectivity index (χ2n) is 8.54. The molecule has 4 rings (SSSR count). The highest BCUT2D eigenvalue weighted by atomic mass is 35.5. The molecule has 1 heterocycles. The number of halogens is 3. The average Bonchev–Trinajstić information content (AvgIpc) is 3.29. The van der Waals surface area contributed by atoms with Gasteiger partial charge in [-0.1, -0.05) is 60.7 Å². The maximum absolute atomic E-state index is 13.7. The topological polar surface area (TPSA) is 87.7 Å². The predicted molar refractivity (Wildman–Crippen MR) is 144 cm³/mol. The SMILES string of the molecule is CC(=O)ON(C(=O)c1sc(-c2ccc(F)cc2)cc1NC(=O)Nc1c(Cl)cccc1Cl)C1CCCCC1. The third-order valence-corrected chi connectivity index (χ3v) is 7.64. The van der Waals surface area contributed by atoms with Crippen molar-refractivity contribution in [1.82, 2.24) is 5.06 Å². The van der Waals surface area contributed by atoms with Gasteiger partial charge in [-0.3, -0.25) is 9.59 Å². The van der Waals surface area contributed by atoms with Crippen molar-refractivity contribution < 1.29 is 23.6 Å². The zero-order chi connectivity index (χ0) is 26.5. The van der Waals surface area contributed by atoms with Crippen molar-refractivity contribution in [2.45, 2.75) is 45.1 Å². The van der Waals surface area contributed by atoms with E-state index >= 15 is 0 Å². The first kappa shape index (κ1) is 26.9. The van der Waals surface area contributed by atoms with Gasteiger partial charge < -0.3 is 15.5 Å². The van der Waals surface area contributed by atoms with Gasteiger partial charge in [0.15, 0.2) is 0 Å². The molecule has 1 fully saturated rings. The van der Waals surface area contributed by atoms with Gasteiger partial charge in [0.2, 0.25) is 0 Å². The van der Waals surface area contributed by atoms with Gasteiger partial charge in [0, 0.05) is 11.8 Å². The normalized spacial score (nSPS) is 13.6. The third-order valence-electron chi connectivity index (χ3n) is 5.84. The lowest BCUT2D eigenvalue weighted by Crippen LogP contribution is -2.42. The number of amides is 3. The molecule has 2 aromatic carbocycles. The number of hydrogen-bond acceptors (Lipinski definition) is 5. The summed E-state index contributed by atoms with van der Waals surface area (Å²) in [5.41, 5.74) is 1.07. The van der Waals surface area contributed by atoms with E-state index in [1.807, 2.05) is 0 Å². The number of urea groups is 1. The number of carbonyl (C=O) groups excluding carboxylic acids is 3. The van der Waals surface area contributed by atoms with Gasteiger partial charge in [-0.25, -0.2) is 9.18 Å². The van der Waals surface area contributed by atoms with E-state index in [2.05, 4.69) is 10.6 Å². The molecule has 1 aliphatic carbocycles. The molecule has 1 aliphatic rings. The number of benzene rings is 2. The second kappa shape index (κ2) is 11.9. The van der Waals surface area contributed by atoms with Crippen LogP contribution in [0.1, 0.15) is 48.7 Å². The van der Waals surface area contributed by atoms with Crippen LogP contribution in [0.15, 0.2) is 48.5 Å². The molecule has 3 aromatic rings. The lowest BCUT2D eigenvalue weighted by Gasteiger charge is -2.31. The van der Waals surface area contributed by atoms with Gasteiger partial charge in [0.1, 0.15) is 10.7 Å². The van der Waals surface area contributed by atoms with Crippen LogP contribution in [-0.4, -0.2) is 29.0 Å². The number of carbonyl (C=O) groups is 3. The molecule has 0 aliphatic heterocycles. The number of nitrogens with zero attached hydrogens (tertiary/aromatic N) is 1. The monoisotopic (exact) mass is 563 g/mol. The van der Waals surface area contributed by atoms with Gasteiger partial charge in [-0.2, -0.15) is 5.06 Å². The number of anilines is 2. The number of hydroxylamine groups is 2. The Kier molecular flexibility index (Phi) is 8.68. The molecule has 0 saturated heterocycles. The predicted octanol–water partition coefficient (Wildman–Crippen LogP) is 7.76. The van der Waals surface area contributed by atoms with Crippen molar-refractivity contribution >= 4 is 63.8 Å². The molecular formula is C26H24Cl2FN3O4S. The van der Waals surface area contributed by atoms with Gasteiger partial charge in [0.05, 0.1) is 27.5 Å². The molecule has 0 spiro atoms. The summed E-state index contributed by atoms with van der Waals surface area (Å²) < 4.78 is 13.5. The smallest absolute Gasteiger partial charge is 0.329 e. The highest BCUT2D eigenvalue weighted by Gasteiger charge is 2.32. The first-order valence-electron chi connectivity index (χ1n) is 11.7. The largest absolute Gasteiger partial charge is 0.338 e. The van der Waals surface area contributed by atoms with Crippen LogP contribution in [0.3, 0.4) is 0 Å². The molecule has 0 radical (unpaired) electrons. The molecule has 3 amide bonds. The molecule has 1 saturated carbocycles. The van der Waals surface area contributed by atoms with Crippen molar-refractivity contribution in [3.05, 3.63) is 69.3 Å². The van der Waals surface area contributed by atoms with Gasteiger partial charge >= 0.3 is 12.0 Å². The van der Waals surface area contributed by atoms with Crippen molar-refractivity contribution in [3.63, 3.8) is 0 Å². The van der Waals surface area contributed by atoms with E-state index in [0.29, 0.717) is 23.3 Å². The summed E-state index contributed by atoms with van der Waals surface area (Å²) >= 11 is 13.4. The highest BCUT2D eigenvalue weighted by molar-refractivity contribution is 7.18. The zero-order valence-electron chi connectivity index (χ0n) is 19.9. The minimum Gasteiger partial charge on any atom is -0.338 e. The van der Waals surface area contributed by atoms with Crippen LogP contribution in [0, 0.1) is 5.82 Å². The van der Waals surface area contributed by atoms with Crippen LogP contribution in [0.4, 0.5) is 20.6 Å². The zero-order valence-corrected chi connectivity index (χ0v) is 22.2. The van der Waals surface area contributed by atoms with Crippen LogP contribution in [0.2, 0.25) is 10.0 Å². The Bertz CT molecular complexity index is 1290. The molecule has 0 atom stereocenters. The van der Waals surface area contributed by atoms with Crippen molar-refractivity contribution in [1.29, 1.82) is 0 Å². The fraction of sp³-hybridized carbons (Fsp3) is 0.269. The van der Waals surface area contributed by atoms with Crippen LogP contribution in [-0.2, 0) is 9.63 Å². The second-order valence-corrected chi connectivity index (χ2v) is 10.4. The molecule has 7 nitrogen and oxygen atoms in total. The van der Waals surface area contributed by atoms with Crippen LogP contribution in [0.25, 0.3) is 10.4 Å². The first-order chi connectivity index (χ1) is 17.7. The van der Waals surface area contributed by atoms with Crippen LogP contribution >= 0.6 is 34.5 Å². The van der Waals surface area contributed by atoms with Crippen LogP contribution < -0.4 is 10.6 Å². The van der Waals surface area contributed by atoms with Crippen LogP contribution in [0.5, 0.6) is 0 Å². The molecular weight excluding hydrogens is 540 g/mol. The molecule has 194 valence electrons. The highest BCUT2D eigenvalue weighted by Crippen LogP contribution is 2.38. The molecule has 11 heteroatoms. The lowest BCUT2D eigenvalue weighted by atomic mass is 9.95. The molecule has 0 unspecified atom stereocenters. The Morgan fingerprint density at radius 3 is 2.27 bits per heavy atom. The van der Waals surface area contributed by atoms with Crippen molar-refractivity contribution in [3.8, 4) is 10.4 Å². The molecule has 1 aromatic heterocycles. The third kappa shape index (κ3) is 6.60. The minimum absolute atomic E-state index is 0.159. The summed E-state index contributed by atoms with van der Waals surface area (Å²) in [6, 6.07) is 11.2. The summed E-state index contributed by atoms with van der Waals surface area (Å²) in [4.78, 5) is 44.6. The Morgan fingerprint density at radius 2 is 1.65 bits per heavy atom. The van der Waals surface area contributed by atoms with E-state index in [1.165, 1.54) is 19.1 Å². The molecule has 0 bridgehead atoms. The van der Waals surface area contributed by atoms with E-state index in [4.69, 9.17) is 28.0 Å². The molecule has 37 heavy (non-hydrogen) atoms. The lowest BCUT2D eigenvalue weighted by molar-refractivity contribution is -0.185. The molecule has 2 N–H and O–H groups in total. The Hall–Kier alpha value is -3.14. The van der Waals surface area contributed by atoms with Crippen molar-refractivity contribution in [2.24, 2.45) is 0 Å². The Morgan fingerprint density at radius 1 is 1.00 bits per heavy atom. The summed E-state index contributed by atoms with van der Waals surface area (Å²) in [6.07, 6.45) is 4.26. The van der Waals surface area contributed by atoms with Gasteiger partial charge in [-0.15, -0.1) is 11.3 Å². The number of nitrogens with one attached hydrogen (secondary N) is 2. The Balaban J connectivity index is 1.68. The summed E-state index contributed by atoms with van der Waals surface area (Å²) in [7, 11) is 0. The van der Waals surface area contributed by atoms with E-state index in [-0.39, 0.29) is 32.3 Å². The Labute approximate surface area is 227 Å². The standard InChI is InChI=1S/C26H24Cl2FN3O4S/c1-15(33)36-32(18-6-3-2-4-7-18)25(34)24-21(14-22(37-24)16-10-12-17(29)13-11-16)30-26(35)31-23-19(27)8-5-9-20(23)28/h5,8-14,18H,2-4,6-7H2,1H3,(H2,30,31,35). The first-order valence-corrected chi connectivity index (χ1v) is 13.2. The summed E-state index contributed by atoms with van der Waals surface area (Å²) in [5.74, 6) is -1.56. The van der Waals surface area contributed by atoms with E-state index < -0.39 is 23.7 Å². The minimum atomic E-state index is -0.677. The van der Waals surface area contributed by atoms with Gasteiger partial charge in [-0.05, 0) is 48.7 Å². The number of hydrogen-bond donors (Lipinski definition) is 2.